The van der Waals surface area contributed by atoms with Crippen LogP contribution in [0.5, 0.6) is 0 Å². The van der Waals surface area contributed by atoms with Crippen LogP contribution in [0.15, 0.2) is 47.1 Å². The lowest BCUT2D eigenvalue weighted by molar-refractivity contribution is -0.114. The number of hydrogen-bond donors (Lipinski definition) is 1. The van der Waals surface area contributed by atoms with Crippen LogP contribution >= 0.6 is 0 Å². The van der Waals surface area contributed by atoms with Crippen molar-refractivity contribution in [2.45, 2.75) is 97.5 Å². The van der Waals surface area contributed by atoms with Crippen molar-refractivity contribution in [3.05, 3.63) is 58.2 Å². The van der Waals surface area contributed by atoms with Gasteiger partial charge in [-0.1, -0.05) is 64.2 Å². The fourth-order valence-electron chi connectivity index (χ4n) is 7.01. The van der Waals surface area contributed by atoms with Gasteiger partial charge < -0.3 is 5.11 Å². The van der Waals surface area contributed by atoms with E-state index in [4.69, 9.17) is 0 Å². The minimum atomic E-state index is -0.237. The van der Waals surface area contributed by atoms with E-state index < -0.39 is 0 Å². The lowest BCUT2D eigenvalue weighted by Gasteiger charge is -2.52. The third-order valence-electron chi connectivity index (χ3n) is 9.14. The minimum absolute atomic E-state index is 0.0545. The molecule has 192 valence electrons. The average molecular weight is 487 g/mol. The summed E-state index contributed by atoms with van der Waals surface area (Å²) < 4.78 is 0. The molecule has 36 heavy (non-hydrogen) atoms. The summed E-state index contributed by atoms with van der Waals surface area (Å²) in [5.41, 5.74) is 6.29. The fraction of sp³-hybridized carbons (Fsp3) is 0.576. The van der Waals surface area contributed by atoms with Crippen molar-refractivity contribution in [1.29, 1.82) is 0 Å². The Bertz CT molecular complexity index is 1090. The molecule has 5 aliphatic rings. The number of carbonyl (C=O) groups is 2. The molecule has 0 amide bonds. The molecule has 5 unspecified atom stereocenters. The van der Waals surface area contributed by atoms with Crippen molar-refractivity contribution in [2.75, 3.05) is 0 Å². The first kappa shape index (κ1) is 26.6. The van der Waals surface area contributed by atoms with Crippen molar-refractivity contribution in [2.24, 2.45) is 23.2 Å². The summed E-state index contributed by atoms with van der Waals surface area (Å²) in [4.78, 5) is 22.6. The van der Waals surface area contributed by atoms with E-state index in [1.807, 2.05) is 32.1 Å². The van der Waals surface area contributed by atoms with E-state index in [1.165, 1.54) is 29.6 Å². The van der Waals surface area contributed by atoms with Gasteiger partial charge in [-0.25, -0.2) is 0 Å². The van der Waals surface area contributed by atoms with E-state index in [0.717, 1.165) is 50.0 Å². The Labute approximate surface area is 217 Å². The Morgan fingerprint density at radius 1 is 1.00 bits per heavy atom. The van der Waals surface area contributed by atoms with Gasteiger partial charge in [-0.05, 0) is 103 Å². The molecule has 0 saturated heterocycles. The van der Waals surface area contributed by atoms with Gasteiger partial charge in [0.25, 0.3) is 0 Å². The molecule has 3 heteroatoms. The molecule has 5 atom stereocenters. The second-order valence-electron chi connectivity index (χ2n) is 11.4. The number of aliphatic hydroxyl groups excluding tert-OH is 1. The Kier molecular flexibility index (Phi) is 8.36. The fourth-order valence-corrected chi connectivity index (χ4v) is 7.01. The Morgan fingerprint density at radius 3 is 2.33 bits per heavy atom. The molecule has 0 heterocycles. The maximum absolute atomic E-state index is 12.1. The van der Waals surface area contributed by atoms with Crippen LogP contribution in [0.2, 0.25) is 0 Å². The molecule has 1 aromatic rings. The molecular weight excluding hydrogens is 444 g/mol. The van der Waals surface area contributed by atoms with Crippen LogP contribution in [-0.4, -0.2) is 23.3 Å². The second kappa shape index (κ2) is 11.3. The number of hydrogen-bond acceptors (Lipinski definition) is 3. The van der Waals surface area contributed by atoms with E-state index in [2.05, 4.69) is 37.8 Å². The number of fused-ring (bicyclic) bond motifs is 4. The predicted molar refractivity (Wildman–Crippen MR) is 145 cm³/mol. The molecule has 1 N–H and O–H groups in total. The number of aldehydes is 1. The zero-order valence-corrected chi connectivity index (χ0v) is 22.5. The van der Waals surface area contributed by atoms with Crippen LogP contribution in [0.3, 0.4) is 0 Å². The normalized spacial score (nSPS) is 32.1. The summed E-state index contributed by atoms with van der Waals surface area (Å²) in [6.07, 6.45) is 11.8. The van der Waals surface area contributed by atoms with Gasteiger partial charge in [0.1, 0.15) is 0 Å². The van der Waals surface area contributed by atoms with Crippen LogP contribution in [0.1, 0.15) is 103 Å². The van der Waals surface area contributed by atoms with Crippen LogP contribution in [0.25, 0.3) is 0 Å². The average Bonchev–Trinajstić information content (AvgIpc) is 3.63. The summed E-state index contributed by atoms with van der Waals surface area (Å²) in [7, 11) is 0. The Balaban J connectivity index is 0.000000454. The topological polar surface area (TPSA) is 54.4 Å². The molecule has 0 bridgehead atoms. The van der Waals surface area contributed by atoms with Gasteiger partial charge in [-0.2, -0.15) is 0 Å². The summed E-state index contributed by atoms with van der Waals surface area (Å²) >= 11 is 0. The molecule has 6 rings (SSSR count). The van der Waals surface area contributed by atoms with Gasteiger partial charge in [-0.15, -0.1) is 0 Å². The zero-order valence-electron chi connectivity index (χ0n) is 22.5. The van der Waals surface area contributed by atoms with Gasteiger partial charge in [0.05, 0.1) is 6.10 Å². The maximum atomic E-state index is 12.1. The van der Waals surface area contributed by atoms with Crippen LogP contribution in [0.4, 0.5) is 0 Å². The molecule has 0 radical (unpaired) electrons. The van der Waals surface area contributed by atoms with Gasteiger partial charge in [-0.3, -0.25) is 9.59 Å². The third kappa shape index (κ3) is 5.30. The highest BCUT2D eigenvalue weighted by Gasteiger charge is 2.56. The van der Waals surface area contributed by atoms with Gasteiger partial charge in [0.15, 0.2) is 12.1 Å². The van der Waals surface area contributed by atoms with E-state index >= 15 is 0 Å². The van der Waals surface area contributed by atoms with E-state index in [9.17, 15) is 14.7 Å². The summed E-state index contributed by atoms with van der Waals surface area (Å²) in [5.74, 6) is 7.99. The molecule has 1 aromatic carbocycles. The number of ketones is 1. The van der Waals surface area contributed by atoms with Crippen LogP contribution in [0, 0.1) is 35.0 Å². The highest BCUT2D eigenvalue weighted by atomic mass is 16.3. The van der Waals surface area contributed by atoms with Crippen molar-refractivity contribution >= 4 is 12.1 Å². The lowest BCUT2D eigenvalue weighted by Crippen LogP contribution is -2.45. The van der Waals surface area contributed by atoms with Gasteiger partial charge >= 0.3 is 0 Å². The highest BCUT2D eigenvalue weighted by Crippen LogP contribution is 2.63. The summed E-state index contributed by atoms with van der Waals surface area (Å²) in [6.45, 7) is 8.57. The van der Waals surface area contributed by atoms with E-state index in [0.29, 0.717) is 24.5 Å². The van der Waals surface area contributed by atoms with Crippen LogP contribution < -0.4 is 0 Å². The standard InChI is InChI=1S/C27H28O3.C4H8.C2H6/c1-27-16-23(18-6-4-17(5-7-18)3-2-14-28)26-21-11-9-20(29)15-19(21)8-10-22(26)24(27)12-13-25(27)30;1-4-2-3-4;1-2/h4-7,14-15,22-25,30H,8-13,16H2,1H3;4H,2-3H2,1H3;1-2H3. The molecule has 0 aliphatic heterocycles. The second-order valence-corrected chi connectivity index (χ2v) is 11.4. The van der Waals surface area contributed by atoms with Crippen LogP contribution in [-0.2, 0) is 9.59 Å². The number of allylic oxidation sites excluding steroid dienone is 4. The molecule has 3 nitrogen and oxygen atoms in total. The largest absolute Gasteiger partial charge is 0.393 e. The monoisotopic (exact) mass is 486 g/mol. The molecular formula is C33H42O3. The quantitative estimate of drug-likeness (QED) is 0.345. The van der Waals surface area contributed by atoms with Crippen molar-refractivity contribution in [3.8, 4) is 11.8 Å². The molecule has 3 saturated carbocycles. The smallest absolute Gasteiger partial charge is 0.193 e. The number of benzene rings is 1. The molecule has 0 spiro atoms. The van der Waals surface area contributed by atoms with E-state index in [-0.39, 0.29) is 23.2 Å². The molecule has 5 aliphatic carbocycles. The van der Waals surface area contributed by atoms with Crippen molar-refractivity contribution in [1.82, 2.24) is 0 Å². The number of aliphatic hydroxyl groups is 1. The summed E-state index contributed by atoms with van der Waals surface area (Å²) in [6, 6.07) is 8.27. The lowest BCUT2D eigenvalue weighted by atomic mass is 9.53. The minimum Gasteiger partial charge on any atom is -0.393 e. The summed E-state index contributed by atoms with van der Waals surface area (Å²) in [5, 5.41) is 10.9. The molecule has 3 fully saturated rings. The van der Waals surface area contributed by atoms with Crippen molar-refractivity contribution in [3.63, 3.8) is 0 Å². The Morgan fingerprint density at radius 2 is 1.69 bits per heavy atom. The first-order valence-corrected chi connectivity index (χ1v) is 14.1. The first-order valence-electron chi connectivity index (χ1n) is 14.1. The zero-order chi connectivity index (χ0) is 25.9. The number of rotatable bonds is 1. The SMILES string of the molecule is CC.CC12CC(c3ccc(C#CC=O)cc3)C3=C4CCC(=O)C=C4CCC3C1CCC2O.CC1CC1. The Hall–Kier alpha value is -2.44. The third-order valence-corrected chi connectivity index (χ3v) is 9.14. The van der Waals surface area contributed by atoms with Gasteiger partial charge in [0.2, 0.25) is 0 Å². The number of carbonyl (C=O) groups excluding carboxylic acids is 2. The highest BCUT2D eigenvalue weighted by molar-refractivity contribution is 5.93. The van der Waals surface area contributed by atoms with Crippen molar-refractivity contribution < 1.29 is 14.7 Å². The predicted octanol–water partition coefficient (Wildman–Crippen LogP) is 6.94. The van der Waals surface area contributed by atoms with Gasteiger partial charge in [0, 0.05) is 17.9 Å². The first-order chi connectivity index (χ1) is 17.4. The molecule has 0 aromatic heterocycles. The van der Waals surface area contributed by atoms with E-state index in [1.54, 1.807) is 5.57 Å². The maximum Gasteiger partial charge on any atom is 0.193 e.